The molecule has 0 bridgehead atoms. The van der Waals surface area contributed by atoms with Gasteiger partial charge in [-0.3, -0.25) is 0 Å². The molecule has 2 aliphatic heterocycles. The minimum atomic E-state index is -0.468. The SMILES string of the molecule is CC(C1COC(C)(C)O1)C1[CH-]CC(C#N)N1C.[Y+3]. The van der Waals surface area contributed by atoms with Crippen molar-refractivity contribution >= 4 is 0 Å². The van der Waals surface area contributed by atoms with E-state index in [-0.39, 0.29) is 44.9 Å². The van der Waals surface area contributed by atoms with Crippen LogP contribution in [-0.2, 0) is 42.2 Å². The summed E-state index contributed by atoms with van der Waals surface area (Å²) in [6.45, 7) is 6.70. The molecule has 0 aromatic rings. The molecule has 18 heavy (non-hydrogen) atoms. The van der Waals surface area contributed by atoms with Crippen molar-refractivity contribution in [2.45, 2.75) is 51.2 Å². The first-order valence-electron chi connectivity index (χ1n) is 6.21. The summed E-state index contributed by atoms with van der Waals surface area (Å²) in [6, 6.07) is 2.65. The second-order valence-corrected chi connectivity index (χ2v) is 5.50. The minimum absolute atomic E-state index is 0. The predicted molar refractivity (Wildman–Crippen MR) is 63.9 cm³/mol. The van der Waals surface area contributed by atoms with E-state index >= 15 is 0 Å². The first kappa shape index (κ1) is 16.5. The predicted octanol–water partition coefficient (Wildman–Crippen LogP) is 1.57. The molecule has 0 saturated carbocycles. The van der Waals surface area contributed by atoms with Crippen molar-refractivity contribution in [2.24, 2.45) is 5.92 Å². The van der Waals surface area contributed by atoms with E-state index in [0.717, 1.165) is 6.42 Å². The minimum Gasteiger partial charge on any atom is -0.348 e. The van der Waals surface area contributed by atoms with Gasteiger partial charge in [0.05, 0.1) is 24.8 Å². The molecule has 96 valence electrons. The fourth-order valence-corrected chi connectivity index (χ4v) is 2.73. The summed E-state index contributed by atoms with van der Waals surface area (Å²) in [4.78, 5) is 2.14. The zero-order chi connectivity index (χ0) is 12.6. The third kappa shape index (κ3) is 3.32. The van der Waals surface area contributed by atoms with Crippen molar-refractivity contribution in [3.63, 3.8) is 0 Å². The molecular weight excluding hydrogens is 305 g/mol. The van der Waals surface area contributed by atoms with E-state index in [0.29, 0.717) is 18.6 Å². The summed E-state index contributed by atoms with van der Waals surface area (Å²) < 4.78 is 11.5. The van der Waals surface area contributed by atoms with Gasteiger partial charge in [-0.05, 0) is 26.8 Å². The van der Waals surface area contributed by atoms with Crippen LogP contribution in [0.3, 0.4) is 0 Å². The normalized spacial score (nSPS) is 36.9. The first-order valence-corrected chi connectivity index (χ1v) is 6.21. The zero-order valence-electron chi connectivity index (χ0n) is 11.6. The van der Waals surface area contributed by atoms with Gasteiger partial charge in [-0.2, -0.15) is 5.26 Å². The van der Waals surface area contributed by atoms with Gasteiger partial charge >= 0.3 is 32.7 Å². The quantitative estimate of drug-likeness (QED) is 0.723. The molecule has 2 heterocycles. The van der Waals surface area contributed by atoms with Gasteiger partial charge in [-0.1, -0.05) is 6.92 Å². The van der Waals surface area contributed by atoms with Crippen LogP contribution in [0.2, 0.25) is 0 Å². The molecule has 2 saturated heterocycles. The van der Waals surface area contributed by atoms with Gasteiger partial charge in [-0.15, -0.1) is 12.5 Å². The molecule has 4 nitrogen and oxygen atoms in total. The van der Waals surface area contributed by atoms with Crippen LogP contribution in [0.1, 0.15) is 27.2 Å². The summed E-state index contributed by atoms with van der Waals surface area (Å²) in [5.41, 5.74) is 0. The van der Waals surface area contributed by atoms with Crippen LogP contribution in [0, 0.1) is 23.7 Å². The number of hydrogen-bond acceptors (Lipinski definition) is 4. The summed E-state index contributed by atoms with van der Waals surface area (Å²) in [5.74, 6) is -0.120. The molecule has 2 fully saturated rings. The molecule has 0 aromatic heterocycles. The molecule has 0 aromatic carbocycles. The van der Waals surface area contributed by atoms with Crippen molar-refractivity contribution in [1.82, 2.24) is 4.90 Å². The van der Waals surface area contributed by atoms with Gasteiger partial charge in [0.1, 0.15) is 0 Å². The van der Waals surface area contributed by atoms with Crippen molar-refractivity contribution < 1.29 is 42.2 Å². The van der Waals surface area contributed by atoms with Crippen LogP contribution in [-0.4, -0.2) is 42.5 Å². The number of nitriles is 1. The molecule has 0 radical (unpaired) electrons. The fraction of sp³-hybridized carbons (Fsp3) is 0.846. The van der Waals surface area contributed by atoms with E-state index in [1.807, 2.05) is 20.9 Å². The Bertz CT molecular complexity index is 329. The van der Waals surface area contributed by atoms with Gasteiger partial charge in [-0.25, -0.2) is 0 Å². The fourth-order valence-electron chi connectivity index (χ4n) is 2.73. The third-order valence-corrected chi connectivity index (χ3v) is 3.87. The average Bonchev–Trinajstić information content (AvgIpc) is 2.80. The van der Waals surface area contributed by atoms with Crippen LogP contribution >= 0.6 is 0 Å². The monoisotopic (exact) mass is 326 g/mol. The van der Waals surface area contributed by atoms with Crippen molar-refractivity contribution in [2.75, 3.05) is 13.7 Å². The summed E-state index contributed by atoms with van der Waals surface area (Å²) >= 11 is 0. The van der Waals surface area contributed by atoms with Gasteiger partial charge < -0.3 is 20.8 Å². The molecule has 2 rings (SSSR count). The zero-order valence-corrected chi connectivity index (χ0v) is 14.4. The van der Waals surface area contributed by atoms with Crippen LogP contribution in [0.4, 0.5) is 0 Å². The van der Waals surface area contributed by atoms with Crippen molar-refractivity contribution in [1.29, 1.82) is 5.26 Å². The largest absolute Gasteiger partial charge is 3.00 e. The number of ether oxygens (including phenoxy) is 2. The Hall–Kier alpha value is 0.474. The Kier molecular flexibility index (Phi) is 5.77. The molecule has 0 aliphatic carbocycles. The third-order valence-electron chi connectivity index (χ3n) is 3.87. The van der Waals surface area contributed by atoms with Gasteiger partial charge in [0.15, 0.2) is 5.79 Å². The molecule has 4 unspecified atom stereocenters. The summed E-state index contributed by atoms with van der Waals surface area (Å²) in [6.07, 6.45) is 3.19. The first-order chi connectivity index (χ1) is 7.94. The van der Waals surface area contributed by atoms with Gasteiger partial charge in [0.2, 0.25) is 0 Å². The van der Waals surface area contributed by atoms with Crippen LogP contribution in [0.25, 0.3) is 0 Å². The van der Waals surface area contributed by atoms with Crippen LogP contribution < -0.4 is 0 Å². The molecule has 4 atom stereocenters. The maximum atomic E-state index is 9.02. The molecule has 0 amide bonds. The molecule has 0 N–H and O–H groups in total. The van der Waals surface area contributed by atoms with E-state index in [2.05, 4.69) is 24.3 Å². The Morgan fingerprint density at radius 2 is 2.17 bits per heavy atom. The molecule has 2 aliphatic rings. The Morgan fingerprint density at radius 3 is 2.61 bits per heavy atom. The smallest absolute Gasteiger partial charge is 0.348 e. The summed E-state index contributed by atoms with van der Waals surface area (Å²) in [7, 11) is 2.01. The number of hydrogen-bond donors (Lipinski definition) is 0. The van der Waals surface area contributed by atoms with E-state index in [1.165, 1.54) is 0 Å². The standard InChI is InChI=1S/C13H21N2O2.Y/c1-9(12-8-16-13(2,3)17-12)11-6-5-10(7-14)15(11)4;/h6,9-12H,5,8H2,1-4H3;/q-1;+3. The number of rotatable bonds is 2. The van der Waals surface area contributed by atoms with Crippen LogP contribution in [0.15, 0.2) is 0 Å². The Labute approximate surface area is 135 Å². The average molecular weight is 326 g/mol. The molecule has 0 spiro atoms. The van der Waals surface area contributed by atoms with Crippen LogP contribution in [0.5, 0.6) is 0 Å². The van der Waals surface area contributed by atoms with Crippen molar-refractivity contribution in [3.05, 3.63) is 6.42 Å². The van der Waals surface area contributed by atoms with E-state index < -0.39 is 5.79 Å². The van der Waals surface area contributed by atoms with E-state index in [1.54, 1.807) is 0 Å². The van der Waals surface area contributed by atoms with E-state index in [4.69, 9.17) is 14.7 Å². The maximum Gasteiger partial charge on any atom is 3.00 e. The second-order valence-electron chi connectivity index (χ2n) is 5.50. The Morgan fingerprint density at radius 1 is 1.50 bits per heavy atom. The number of likely N-dealkylation sites (tertiary alicyclic amines) is 1. The van der Waals surface area contributed by atoms with Gasteiger partial charge in [0.25, 0.3) is 0 Å². The van der Waals surface area contributed by atoms with Crippen molar-refractivity contribution in [3.8, 4) is 6.07 Å². The second kappa shape index (κ2) is 6.28. The topological polar surface area (TPSA) is 45.5 Å². The summed E-state index contributed by atoms with van der Waals surface area (Å²) in [5, 5.41) is 9.02. The number of nitrogens with zero attached hydrogens (tertiary/aromatic N) is 2. The van der Waals surface area contributed by atoms with E-state index in [9.17, 15) is 0 Å². The molecule has 5 heteroatoms. The maximum absolute atomic E-state index is 9.02. The molecular formula is C13H21N2O2Y+2. The Balaban J connectivity index is 0.00000162. The van der Waals surface area contributed by atoms with Gasteiger partial charge in [0, 0.05) is 0 Å².